The molecule has 0 bridgehead atoms. The number of aryl methyl sites for hydroxylation is 1. The maximum atomic E-state index is 6.75. The Kier molecular flexibility index (Phi) is 2.42. The zero-order chi connectivity index (χ0) is 10.7. The molecule has 0 amide bonds. The summed E-state index contributed by atoms with van der Waals surface area (Å²) in [6.45, 7) is 8.79. The molecule has 2 rings (SSSR count). The molecule has 0 aliphatic carbocycles. The van der Waals surface area contributed by atoms with Crippen LogP contribution in [0.4, 0.5) is 5.95 Å². The van der Waals surface area contributed by atoms with Crippen molar-refractivity contribution in [2.75, 3.05) is 0 Å². The Labute approximate surface area is 88.3 Å². The third kappa shape index (κ3) is 2.00. The van der Waals surface area contributed by atoms with Crippen molar-refractivity contribution in [3.63, 3.8) is 0 Å². The molecule has 0 unspecified atom stereocenters. The van der Waals surface area contributed by atoms with E-state index in [9.17, 15) is 0 Å². The number of rotatable bonds is 1. The van der Waals surface area contributed by atoms with Crippen LogP contribution in [0.1, 0.15) is 5.56 Å². The molecule has 0 spiro atoms. The third-order valence-electron chi connectivity index (χ3n) is 2.09. The van der Waals surface area contributed by atoms with Gasteiger partial charge in [-0.3, -0.25) is 0 Å². The van der Waals surface area contributed by atoms with Gasteiger partial charge in [0.25, 0.3) is 0 Å². The maximum absolute atomic E-state index is 6.75. The zero-order valence-electron chi connectivity index (χ0n) is 8.31. The van der Waals surface area contributed by atoms with E-state index in [1.807, 2.05) is 25.1 Å². The molecule has 0 aliphatic heterocycles. The quantitative estimate of drug-likeness (QED) is 0.655. The monoisotopic (exact) mass is 195 g/mol. The SMILES string of the molecule is [C-]#[N+]c1ncc(-c2cccc(C)c2)cn1. The summed E-state index contributed by atoms with van der Waals surface area (Å²) in [6, 6.07) is 8.10. The van der Waals surface area contributed by atoms with Crippen LogP contribution in [-0.4, -0.2) is 9.97 Å². The molecule has 0 atom stereocenters. The van der Waals surface area contributed by atoms with Gasteiger partial charge in [0.2, 0.25) is 0 Å². The molecule has 0 saturated carbocycles. The predicted octanol–water partition coefficient (Wildman–Crippen LogP) is 3.00. The van der Waals surface area contributed by atoms with E-state index in [0.717, 1.165) is 11.1 Å². The van der Waals surface area contributed by atoms with E-state index in [1.165, 1.54) is 5.56 Å². The molecule has 72 valence electrons. The van der Waals surface area contributed by atoms with Gasteiger partial charge in [0.15, 0.2) is 0 Å². The molecule has 0 radical (unpaired) electrons. The van der Waals surface area contributed by atoms with Crippen LogP contribution < -0.4 is 0 Å². The summed E-state index contributed by atoms with van der Waals surface area (Å²) in [7, 11) is 0. The van der Waals surface area contributed by atoms with Crippen LogP contribution in [0.15, 0.2) is 36.7 Å². The Morgan fingerprint density at radius 3 is 2.47 bits per heavy atom. The van der Waals surface area contributed by atoms with Crippen molar-refractivity contribution < 1.29 is 0 Å². The largest absolute Gasteiger partial charge is 0.394 e. The van der Waals surface area contributed by atoms with E-state index in [0.29, 0.717) is 0 Å². The van der Waals surface area contributed by atoms with E-state index < -0.39 is 0 Å². The van der Waals surface area contributed by atoms with Gasteiger partial charge in [-0.15, -0.1) is 6.57 Å². The standard InChI is InChI=1S/C12H9N3/c1-9-4-3-5-10(6-9)11-7-14-12(13-2)15-8-11/h3-8H,1H3. The molecule has 1 heterocycles. The van der Waals surface area contributed by atoms with Crippen molar-refractivity contribution in [3.8, 4) is 11.1 Å². The number of hydrogen-bond acceptors (Lipinski definition) is 2. The molecule has 0 N–H and O–H groups in total. The van der Waals surface area contributed by atoms with Gasteiger partial charge in [0.1, 0.15) is 0 Å². The second-order valence-electron chi connectivity index (χ2n) is 3.25. The molecule has 15 heavy (non-hydrogen) atoms. The molecular formula is C12H9N3. The maximum Gasteiger partial charge on any atom is 0.371 e. The van der Waals surface area contributed by atoms with Crippen LogP contribution in [0.5, 0.6) is 0 Å². The minimum Gasteiger partial charge on any atom is -0.394 e. The van der Waals surface area contributed by atoms with Gasteiger partial charge in [0.05, 0.1) is 12.4 Å². The van der Waals surface area contributed by atoms with Crippen molar-refractivity contribution in [1.82, 2.24) is 9.97 Å². The van der Waals surface area contributed by atoms with Gasteiger partial charge in [-0.25, -0.2) is 0 Å². The van der Waals surface area contributed by atoms with Crippen LogP contribution in [0.2, 0.25) is 0 Å². The van der Waals surface area contributed by atoms with Gasteiger partial charge in [-0.05, 0) is 12.5 Å². The Balaban J connectivity index is 2.42. The van der Waals surface area contributed by atoms with Gasteiger partial charge >= 0.3 is 5.95 Å². The molecule has 3 nitrogen and oxygen atoms in total. The summed E-state index contributed by atoms with van der Waals surface area (Å²) < 4.78 is 0. The van der Waals surface area contributed by atoms with Gasteiger partial charge < -0.3 is 4.85 Å². The van der Waals surface area contributed by atoms with Gasteiger partial charge in [-0.1, -0.05) is 29.8 Å². The first kappa shape index (κ1) is 9.35. The minimum absolute atomic E-state index is 0.186. The van der Waals surface area contributed by atoms with Crippen molar-refractivity contribution in [2.24, 2.45) is 0 Å². The van der Waals surface area contributed by atoms with E-state index >= 15 is 0 Å². The summed E-state index contributed by atoms with van der Waals surface area (Å²) >= 11 is 0. The summed E-state index contributed by atoms with van der Waals surface area (Å²) in [5.41, 5.74) is 3.21. The Bertz CT molecular complexity index is 509. The average Bonchev–Trinajstić information content (AvgIpc) is 2.29. The number of benzene rings is 1. The highest BCUT2D eigenvalue weighted by atomic mass is 15.0. The first-order valence-corrected chi connectivity index (χ1v) is 4.56. The lowest BCUT2D eigenvalue weighted by Gasteiger charge is -1.99. The number of aromatic nitrogens is 2. The van der Waals surface area contributed by atoms with Gasteiger partial charge in [-0.2, -0.15) is 9.97 Å². The van der Waals surface area contributed by atoms with E-state index in [-0.39, 0.29) is 5.95 Å². The third-order valence-corrected chi connectivity index (χ3v) is 2.09. The van der Waals surface area contributed by atoms with E-state index in [4.69, 9.17) is 6.57 Å². The fourth-order valence-corrected chi connectivity index (χ4v) is 1.35. The molecule has 2 aromatic rings. The molecular weight excluding hydrogens is 186 g/mol. The topological polar surface area (TPSA) is 30.1 Å². The highest BCUT2D eigenvalue weighted by Gasteiger charge is 2.01. The van der Waals surface area contributed by atoms with E-state index in [1.54, 1.807) is 12.4 Å². The second kappa shape index (κ2) is 3.89. The molecule has 1 aromatic heterocycles. The highest BCUT2D eigenvalue weighted by Crippen LogP contribution is 2.19. The summed E-state index contributed by atoms with van der Waals surface area (Å²) in [4.78, 5) is 11.0. The predicted molar refractivity (Wildman–Crippen MR) is 58.5 cm³/mol. The first-order chi connectivity index (χ1) is 7.29. The van der Waals surface area contributed by atoms with Gasteiger partial charge in [0, 0.05) is 5.56 Å². The number of nitrogens with zero attached hydrogens (tertiary/aromatic N) is 3. The Morgan fingerprint density at radius 2 is 1.87 bits per heavy atom. The number of hydrogen-bond donors (Lipinski definition) is 0. The van der Waals surface area contributed by atoms with Crippen LogP contribution in [-0.2, 0) is 0 Å². The van der Waals surface area contributed by atoms with Crippen molar-refractivity contribution in [1.29, 1.82) is 0 Å². The van der Waals surface area contributed by atoms with Crippen molar-refractivity contribution >= 4 is 5.95 Å². The lowest BCUT2D eigenvalue weighted by molar-refractivity contribution is 1.20. The summed E-state index contributed by atoms with van der Waals surface area (Å²) in [5, 5.41) is 0. The lowest BCUT2D eigenvalue weighted by atomic mass is 10.1. The Morgan fingerprint density at radius 1 is 1.13 bits per heavy atom. The van der Waals surface area contributed by atoms with E-state index in [2.05, 4.69) is 20.9 Å². The average molecular weight is 195 g/mol. The minimum atomic E-state index is 0.186. The molecule has 3 heteroatoms. The summed E-state index contributed by atoms with van der Waals surface area (Å²) in [6.07, 6.45) is 3.35. The molecule has 0 aliphatic rings. The van der Waals surface area contributed by atoms with Crippen LogP contribution >= 0.6 is 0 Å². The fourth-order valence-electron chi connectivity index (χ4n) is 1.35. The fraction of sp³-hybridized carbons (Fsp3) is 0.0833. The van der Waals surface area contributed by atoms with Crippen LogP contribution in [0.3, 0.4) is 0 Å². The molecule has 1 aromatic carbocycles. The van der Waals surface area contributed by atoms with Crippen LogP contribution in [0, 0.1) is 13.5 Å². The Hall–Kier alpha value is -2.21. The second-order valence-corrected chi connectivity index (χ2v) is 3.25. The highest BCUT2D eigenvalue weighted by molar-refractivity contribution is 5.62. The van der Waals surface area contributed by atoms with Crippen molar-refractivity contribution in [3.05, 3.63) is 53.6 Å². The summed E-state index contributed by atoms with van der Waals surface area (Å²) in [5.74, 6) is 0.186. The molecule has 0 saturated heterocycles. The van der Waals surface area contributed by atoms with Crippen molar-refractivity contribution in [2.45, 2.75) is 6.92 Å². The smallest absolute Gasteiger partial charge is 0.371 e. The normalized spacial score (nSPS) is 9.60. The zero-order valence-corrected chi connectivity index (χ0v) is 8.31. The molecule has 0 fully saturated rings. The first-order valence-electron chi connectivity index (χ1n) is 4.56. The van der Waals surface area contributed by atoms with Crippen LogP contribution in [0.25, 0.3) is 16.0 Å². The lowest BCUT2D eigenvalue weighted by Crippen LogP contribution is -1.83.